The Morgan fingerprint density at radius 3 is 0.838 bits per heavy atom. The third kappa shape index (κ3) is 59.2. The Bertz CT molecular complexity index is 1460. The van der Waals surface area contributed by atoms with Gasteiger partial charge >= 0.3 is 17.9 Å². The van der Waals surface area contributed by atoms with E-state index in [2.05, 4.69) is 118 Å². The minimum atomic E-state index is -0.794. The van der Waals surface area contributed by atoms with Crippen molar-refractivity contribution < 1.29 is 28.6 Å². The number of unbranched alkanes of at least 4 members (excludes halogenated alkanes) is 29. The smallest absolute Gasteiger partial charge is 0.306 e. The average Bonchev–Trinajstić information content (AvgIpc) is 3.40. The Kier molecular flexibility index (Phi) is 58.8. The molecule has 0 heterocycles. The molecular weight excluding hydrogens is 913 g/mol. The van der Waals surface area contributed by atoms with E-state index < -0.39 is 6.10 Å². The molecule has 0 saturated carbocycles. The molecule has 0 amide bonds. The Labute approximate surface area is 457 Å². The van der Waals surface area contributed by atoms with Crippen LogP contribution in [-0.2, 0) is 28.6 Å². The van der Waals surface area contributed by atoms with Crippen LogP contribution in [0.4, 0.5) is 0 Å². The molecule has 6 heteroatoms. The van der Waals surface area contributed by atoms with Crippen LogP contribution in [0.3, 0.4) is 0 Å². The van der Waals surface area contributed by atoms with Gasteiger partial charge in [-0.3, -0.25) is 14.4 Å². The van der Waals surface area contributed by atoms with Gasteiger partial charge in [-0.05, 0) is 122 Å². The molecule has 0 aromatic heterocycles. The van der Waals surface area contributed by atoms with Crippen LogP contribution in [0.15, 0.2) is 97.2 Å². The van der Waals surface area contributed by atoms with E-state index in [-0.39, 0.29) is 31.1 Å². The zero-order valence-electron chi connectivity index (χ0n) is 48.6. The molecule has 0 aliphatic carbocycles. The van der Waals surface area contributed by atoms with E-state index >= 15 is 0 Å². The van der Waals surface area contributed by atoms with Gasteiger partial charge in [0.25, 0.3) is 0 Å². The molecule has 1 unspecified atom stereocenters. The molecule has 1 atom stereocenters. The number of hydrogen-bond donors (Lipinski definition) is 0. The fourth-order valence-electron chi connectivity index (χ4n) is 8.61. The summed E-state index contributed by atoms with van der Waals surface area (Å²) in [7, 11) is 0. The summed E-state index contributed by atoms with van der Waals surface area (Å²) in [5.41, 5.74) is 0. The zero-order chi connectivity index (χ0) is 53.6. The summed E-state index contributed by atoms with van der Waals surface area (Å²) in [5.74, 6) is -0.913. The Morgan fingerprint density at radius 1 is 0.284 bits per heavy atom. The van der Waals surface area contributed by atoms with E-state index in [1.54, 1.807) is 0 Å². The number of esters is 3. The van der Waals surface area contributed by atoms with Crippen molar-refractivity contribution in [3.05, 3.63) is 97.2 Å². The first-order valence-corrected chi connectivity index (χ1v) is 31.2. The summed E-state index contributed by atoms with van der Waals surface area (Å²) in [4.78, 5) is 38.3. The van der Waals surface area contributed by atoms with Gasteiger partial charge in [0, 0.05) is 19.3 Å². The second-order valence-electron chi connectivity index (χ2n) is 20.6. The monoisotopic (exact) mass is 1030 g/mol. The van der Waals surface area contributed by atoms with Crippen LogP contribution >= 0.6 is 0 Å². The second-order valence-corrected chi connectivity index (χ2v) is 20.6. The summed E-state index contributed by atoms with van der Waals surface area (Å²) in [6.07, 6.45) is 82.6. The normalized spacial score (nSPS) is 12.7. The molecule has 0 aromatic rings. The molecule has 0 rings (SSSR count). The van der Waals surface area contributed by atoms with Gasteiger partial charge in [0.05, 0.1) is 0 Å². The quantitative estimate of drug-likeness (QED) is 0.0261. The summed E-state index contributed by atoms with van der Waals surface area (Å²) < 4.78 is 16.9. The summed E-state index contributed by atoms with van der Waals surface area (Å²) >= 11 is 0. The first-order chi connectivity index (χ1) is 36.5. The zero-order valence-corrected chi connectivity index (χ0v) is 48.6. The highest BCUT2D eigenvalue weighted by molar-refractivity contribution is 5.71. The van der Waals surface area contributed by atoms with Gasteiger partial charge in [0.15, 0.2) is 6.10 Å². The molecule has 0 spiro atoms. The van der Waals surface area contributed by atoms with E-state index in [1.165, 1.54) is 135 Å². The number of hydrogen-bond acceptors (Lipinski definition) is 6. The van der Waals surface area contributed by atoms with E-state index in [9.17, 15) is 14.4 Å². The molecule has 0 saturated heterocycles. The van der Waals surface area contributed by atoms with Crippen LogP contribution in [0, 0.1) is 0 Å². The molecule has 424 valence electrons. The predicted octanol–water partition coefficient (Wildman–Crippen LogP) is 21.3. The van der Waals surface area contributed by atoms with Crippen molar-refractivity contribution in [2.75, 3.05) is 13.2 Å². The van der Waals surface area contributed by atoms with Crippen molar-refractivity contribution in [1.82, 2.24) is 0 Å². The van der Waals surface area contributed by atoms with E-state index in [0.717, 1.165) is 122 Å². The van der Waals surface area contributed by atoms with Crippen molar-refractivity contribution in [3.63, 3.8) is 0 Å². The Morgan fingerprint density at radius 2 is 0.527 bits per heavy atom. The SMILES string of the molecule is CC/C=C\C/C=C\C/C=C\C/C=C\C/C=C\CCCCCCCC(=O)OCC(COC(=O)CCCCCCC/C=C\CCCCCCC)OC(=O)CCCCCCCCCCC/C=C\C/C=C\CCCCCCC. The van der Waals surface area contributed by atoms with Crippen molar-refractivity contribution in [3.8, 4) is 0 Å². The molecule has 0 fully saturated rings. The summed E-state index contributed by atoms with van der Waals surface area (Å²) in [6.45, 7) is 6.50. The molecule has 6 nitrogen and oxygen atoms in total. The second kappa shape index (κ2) is 61.9. The van der Waals surface area contributed by atoms with Gasteiger partial charge in [-0.1, -0.05) is 253 Å². The number of allylic oxidation sites excluding steroid dienone is 16. The number of ether oxygens (including phenoxy) is 3. The van der Waals surface area contributed by atoms with Gasteiger partial charge < -0.3 is 14.2 Å². The third-order valence-corrected chi connectivity index (χ3v) is 13.3. The highest BCUT2D eigenvalue weighted by Gasteiger charge is 2.19. The topological polar surface area (TPSA) is 78.9 Å². The minimum Gasteiger partial charge on any atom is -0.462 e. The van der Waals surface area contributed by atoms with Crippen molar-refractivity contribution in [2.24, 2.45) is 0 Å². The van der Waals surface area contributed by atoms with Gasteiger partial charge in [-0.25, -0.2) is 0 Å². The van der Waals surface area contributed by atoms with Gasteiger partial charge in [0.1, 0.15) is 13.2 Å². The first-order valence-electron chi connectivity index (χ1n) is 31.2. The van der Waals surface area contributed by atoms with Crippen molar-refractivity contribution in [2.45, 2.75) is 303 Å². The highest BCUT2D eigenvalue weighted by Crippen LogP contribution is 2.15. The minimum absolute atomic E-state index is 0.0897. The third-order valence-electron chi connectivity index (χ3n) is 13.3. The van der Waals surface area contributed by atoms with Crippen LogP contribution in [-0.4, -0.2) is 37.2 Å². The lowest BCUT2D eigenvalue weighted by Gasteiger charge is -2.18. The first kappa shape index (κ1) is 70.3. The molecule has 0 aromatic carbocycles. The Hall–Kier alpha value is -3.67. The maximum absolute atomic E-state index is 12.9. The van der Waals surface area contributed by atoms with Crippen LogP contribution in [0.25, 0.3) is 0 Å². The molecular formula is C68H116O6. The van der Waals surface area contributed by atoms with Crippen LogP contribution < -0.4 is 0 Å². The van der Waals surface area contributed by atoms with Crippen molar-refractivity contribution in [1.29, 1.82) is 0 Å². The van der Waals surface area contributed by atoms with Gasteiger partial charge in [-0.2, -0.15) is 0 Å². The van der Waals surface area contributed by atoms with E-state index in [0.29, 0.717) is 19.3 Å². The van der Waals surface area contributed by atoms with E-state index in [4.69, 9.17) is 14.2 Å². The van der Waals surface area contributed by atoms with Gasteiger partial charge in [-0.15, -0.1) is 0 Å². The molecule has 74 heavy (non-hydrogen) atoms. The fraction of sp³-hybridized carbons (Fsp3) is 0.721. The number of carbonyl (C=O) groups excluding carboxylic acids is 3. The largest absolute Gasteiger partial charge is 0.462 e. The number of carbonyl (C=O) groups is 3. The van der Waals surface area contributed by atoms with Crippen molar-refractivity contribution >= 4 is 17.9 Å². The van der Waals surface area contributed by atoms with Crippen LogP contribution in [0.2, 0.25) is 0 Å². The number of rotatable bonds is 56. The molecule has 0 N–H and O–H groups in total. The van der Waals surface area contributed by atoms with Crippen LogP contribution in [0.1, 0.15) is 297 Å². The standard InChI is InChI=1S/C68H116O6/c1-4-7-10-13-16-19-22-25-28-30-32-34-36-38-40-43-46-49-52-55-58-61-67(70)73-64-65(63-72-66(69)60-57-54-51-48-45-42-27-24-21-18-15-12-9-6-3)74-68(71)62-59-56-53-50-47-44-41-39-37-35-33-31-29-26-23-20-17-14-11-8-5-2/h7,10,16,19,23-28,31-34,38,40,65H,4-6,8-9,11-15,17-18,20-22,29-30,35-37,39,41-64H2,1-3H3/b10-7-,19-16-,26-23-,27-24-,28-25-,33-31-,34-32-,40-38-. The van der Waals surface area contributed by atoms with Gasteiger partial charge in [0.2, 0.25) is 0 Å². The highest BCUT2D eigenvalue weighted by atomic mass is 16.6. The Balaban J connectivity index is 4.42. The fourth-order valence-corrected chi connectivity index (χ4v) is 8.61. The lowest BCUT2D eigenvalue weighted by molar-refractivity contribution is -0.167. The average molecular weight is 1030 g/mol. The predicted molar refractivity (Wildman–Crippen MR) is 320 cm³/mol. The maximum Gasteiger partial charge on any atom is 0.306 e. The van der Waals surface area contributed by atoms with Crippen LogP contribution in [0.5, 0.6) is 0 Å². The molecule has 0 bridgehead atoms. The maximum atomic E-state index is 12.9. The summed E-state index contributed by atoms with van der Waals surface area (Å²) in [6, 6.07) is 0. The lowest BCUT2D eigenvalue weighted by Crippen LogP contribution is -2.30. The lowest BCUT2D eigenvalue weighted by atomic mass is 10.1. The summed E-state index contributed by atoms with van der Waals surface area (Å²) in [5, 5.41) is 0. The van der Waals surface area contributed by atoms with E-state index in [1.807, 2.05) is 0 Å². The molecule has 0 radical (unpaired) electrons. The molecule has 0 aliphatic rings. The molecule has 0 aliphatic heterocycles.